The number of fused-ring (bicyclic) bond motifs is 1. The van der Waals surface area contributed by atoms with Crippen LogP contribution in [0.5, 0.6) is 0 Å². The predicted octanol–water partition coefficient (Wildman–Crippen LogP) is 3.10. The Bertz CT molecular complexity index is 870. The molecule has 0 radical (unpaired) electrons. The number of aromatic nitrogens is 3. The van der Waals surface area contributed by atoms with E-state index >= 15 is 0 Å². The molecule has 1 fully saturated rings. The van der Waals surface area contributed by atoms with Crippen LogP contribution in [-0.4, -0.2) is 39.1 Å². The Kier molecular flexibility index (Phi) is 6.94. The molecule has 1 atom stereocenters. The minimum Gasteiger partial charge on any atom is -0.337 e. The smallest absolute Gasteiger partial charge is 0.127 e. The Morgan fingerprint density at radius 1 is 1.23 bits per heavy atom. The molecule has 26 heavy (non-hydrogen) atoms. The van der Waals surface area contributed by atoms with E-state index in [9.17, 15) is 4.39 Å². The second-order valence-corrected chi connectivity index (χ2v) is 6.23. The van der Waals surface area contributed by atoms with Gasteiger partial charge in [0.15, 0.2) is 0 Å². The van der Waals surface area contributed by atoms with Crippen LogP contribution in [0.3, 0.4) is 0 Å². The number of hydrogen-bond donors (Lipinski definition) is 1. The first-order valence-electron chi connectivity index (χ1n) is 8.17. The number of rotatable bonds is 3. The third kappa shape index (κ3) is 3.99. The molecule has 2 aromatic heterocycles. The Balaban J connectivity index is 0.00000121. The first-order chi connectivity index (χ1) is 11.7. The molecule has 140 valence electrons. The zero-order valence-electron chi connectivity index (χ0n) is 14.4. The van der Waals surface area contributed by atoms with E-state index in [0.29, 0.717) is 6.54 Å². The van der Waals surface area contributed by atoms with Crippen LogP contribution in [0, 0.1) is 5.82 Å². The van der Waals surface area contributed by atoms with E-state index in [2.05, 4.69) is 20.2 Å². The van der Waals surface area contributed by atoms with E-state index in [1.165, 1.54) is 0 Å². The predicted molar refractivity (Wildman–Crippen MR) is 105 cm³/mol. The van der Waals surface area contributed by atoms with Gasteiger partial charge in [-0.05, 0) is 23.8 Å². The summed E-state index contributed by atoms with van der Waals surface area (Å²) in [5.41, 5.74) is 1.79. The maximum absolute atomic E-state index is 14.0. The summed E-state index contributed by atoms with van der Waals surface area (Å²) in [6, 6.07) is 7.06. The van der Waals surface area contributed by atoms with E-state index < -0.39 is 0 Å². The Morgan fingerprint density at radius 2 is 2.08 bits per heavy atom. The zero-order valence-corrected chi connectivity index (χ0v) is 16.1. The summed E-state index contributed by atoms with van der Waals surface area (Å²) >= 11 is 0. The van der Waals surface area contributed by atoms with Crippen LogP contribution < -0.4 is 5.32 Å². The van der Waals surface area contributed by atoms with Crippen LogP contribution in [0.1, 0.15) is 17.4 Å². The highest BCUT2D eigenvalue weighted by atomic mass is 35.5. The van der Waals surface area contributed by atoms with Crippen LogP contribution in [0.15, 0.2) is 42.9 Å². The maximum Gasteiger partial charge on any atom is 0.127 e. The first kappa shape index (κ1) is 20.6. The fourth-order valence-electron chi connectivity index (χ4n) is 3.46. The molecule has 0 aliphatic carbocycles. The molecule has 0 bridgehead atoms. The zero-order chi connectivity index (χ0) is 16.5. The number of halogens is 3. The van der Waals surface area contributed by atoms with Gasteiger partial charge in [0.2, 0.25) is 0 Å². The highest BCUT2D eigenvalue weighted by molar-refractivity contribution is 5.85. The summed E-state index contributed by atoms with van der Waals surface area (Å²) in [6.45, 7) is 3.31. The maximum atomic E-state index is 14.0. The molecule has 1 aliphatic rings. The summed E-state index contributed by atoms with van der Waals surface area (Å²) in [6.07, 6.45) is 5.54. The molecular formula is C18H22Cl2FN5. The third-order valence-corrected chi connectivity index (χ3v) is 4.63. The van der Waals surface area contributed by atoms with E-state index in [1.54, 1.807) is 18.3 Å². The van der Waals surface area contributed by atoms with Crippen molar-refractivity contribution in [3.05, 3.63) is 60.1 Å². The van der Waals surface area contributed by atoms with Gasteiger partial charge in [0.1, 0.15) is 11.6 Å². The van der Waals surface area contributed by atoms with Gasteiger partial charge in [-0.25, -0.2) is 9.37 Å². The summed E-state index contributed by atoms with van der Waals surface area (Å²) < 4.78 is 16.1. The lowest BCUT2D eigenvalue weighted by Crippen LogP contribution is -2.46. The lowest BCUT2D eigenvalue weighted by Gasteiger charge is -2.35. The molecule has 0 amide bonds. The number of nitrogens with zero attached hydrogens (tertiary/aromatic N) is 4. The van der Waals surface area contributed by atoms with Crippen molar-refractivity contribution in [1.82, 2.24) is 24.8 Å². The van der Waals surface area contributed by atoms with Crippen molar-refractivity contribution >= 4 is 35.7 Å². The summed E-state index contributed by atoms with van der Waals surface area (Å²) in [4.78, 5) is 11.3. The quantitative estimate of drug-likeness (QED) is 0.737. The lowest BCUT2D eigenvalue weighted by atomic mass is 10.1. The van der Waals surface area contributed by atoms with Crippen LogP contribution >= 0.6 is 24.8 Å². The van der Waals surface area contributed by atoms with Gasteiger partial charge in [-0.2, -0.15) is 0 Å². The van der Waals surface area contributed by atoms with Gasteiger partial charge < -0.3 is 9.88 Å². The molecule has 1 aromatic carbocycles. The normalized spacial score (nSPS) is 17.5. The molecule has 3 heterocycles. The van der Waals surface area contributed by atoms with Gasteiger partial charge in [-0.3, -0.25) is 9.88 Å². The number of aryl methyl sites for hydroxylation is 1. The SMILES string of the molecule is Cl.Cl.Cn1ccnc1C1CNCCN1Cc1cc(F)cc2cccnc12. The average molecular weight is 398 g/mol. The topological polar surface area (TPSA) is 46.0 Å². The van der Waals surface area contributed by atoms with Crippen LogP contribution in [0.2, 0.25) is 0 Å². The van der Waals surface area contributed by atoms with Crippen molar-refractivity contribution in [2.75, 3.05) is 19.6 Å². The monoisotopic (exact) mass is 397 g/mol. The van der Waals surface area contributed by atoms with Gasteiger partial charge in [0.05, 0.1) is 11.6 Å². The molecule has 1 aliphatic heterocycles. The molecule has 0 spiro atoms. The average Bonchev–Trinajstić information content (AvgIpc) is 3.01. The molecule has 8 heteroatoms. The minimum atomic E-state index is -0.214. The second kappa shape index (κ2) is 8.77. The second-order valence-electron chi connectivity index (χ2n) is 6.23. The first-order valence-corrected chi connectivity index (χ1v) is 8.17. The van der Waals surface area contributed by atoms with Gasteiger partial charge in [0.25, 0.3) is 0 Å². The van der Waals surface area contributed by atoms with Crippen molar-refractivity contribution in [3.63, 3.8) is 0 Å². The number of nitrogens with one attached hydrogen (secondary N) is 1. The van der Waals surface area contributed by atoms with Crippen molar-refractivity contribution < 1.29 is 4.39 Å². The van der Waals surface area contributed by atoms with Gasteiger partial charge in [0, 0.05) is 57.2 Å². The molecule has 1 N–H and O–H groups in total. The molecule has 5 nitrogen and oxygen atoms in total. The van der Waals surface area contributed by atoms with Crippen LogP contribution in [-0.2, 0) is 13.6 Å². The van der Waals surface area contributed by atoms with Crippen molar-refractivity contribution in [2.24, 2.45) is 7.05 Å². The number of imidazole rings is 1. The van der Waals surface area contributed by atoms with Crippen molar-refractivity contribution in [1.29, 1.82) is 0 Å². The summed E-state index contributed by atoms with van der Waals surface area (Å²) in [5, 5.41) is 4.27. The standard InChI is InChI=1S/C18H20FN5.2ClH/c1-23-7-6-22-18(23)16-11-20-5-8-24(16)12-14-10-15(19)9-13-3-2-4-21-17(13)14;;/h2-4,6-7,9-10,16,20H,5,8,11-12H2,1H3;2*1H. The Hall–Kier alpha value is -1.73. The summed E-state index contributed by atoms with van der Waals surface area (Å²) in [7, 11) is 2.01. The number of hydrogen-bond acceptors (Lipinski definition) is 4. The highest BCUT2D eigenvalue weighted by Gasteiger charge is 2.27. The Morgan fingerprint density at radius 3 is 2.85 bits per heavy atom. The molecule has 1 saturated heterocycles. The molecular weight excluding hydrogens is 376 g/mol. The van der Waals surface area contributed by atoms with Gasteiger partial charge in [-0.15, -0.1) is 24.8 Å². The number of piperazine rings is 1. The third-order valence-electron chi connectivity index (χ3n) is 4.63. The van der Waals surface area contributed by atoms with E-state index in [-0.39, 0.29) is 36.7 Å². The molecule has 1 unspecified atom stereocenters. The fourth-order valence-corrected chi connectivity index (χ4v) is 3.46. The van der Waals surface area contributed by atoms with Crippen LogP contribution in [0.25, 0.3) is 10.9 Å². The highest BCUT2D eigenvalue weighted by Crippen LogP contribution is 2.26. The van der Waals surface area contributed by atoms with E-state index in [1.807, 2.05) is 36.1 Å². The number of pyridine rings is 1. The number of benzene rings is 1. The van der Waals surface area contributed by atoms with Crippen LogP contribution in [0.4, 0.5) is 4.39 Å². The fraction of sp³-hybridized carbons (Fsp3) is 0.333. The van der Waals surface area contributed by atoms with E-state index in [4.69, 9.17) is 0 Å². The largest absolute Gasteiger partial charge is 0.337 e. The van der Waals surface area contributed by atoms with Crippen molar-refractivity contribution in [2.45, 2.75) is 12.6 Å². The molecule has 3 aromatic rings. The van der Waals surface area contributed by atoms with E-state index in [0.717, 1.165) is 41.9 Å². The molecule has 0 saturated carbocycles. The van der Waals surface area contributed by atoms with Gasteiger partial charge >= 0.3 is 0 Å². The van der Waals surface area contributed by atoms with Crippen molar-refractivity contribution in [3.8, 4) is 0 Å². The molecule has 4 rings (SSSR count). The minimum absolute atomic E-state index is 0. The van der Waals surface area contributed by atoms with Gasteiger partial charge in [-0.1, -0.05) is 6.07 Å². The Labute approximate surface area is 164 Å². The summed E-state index contributed by atoms with van der Waals surface area (Å²) in [5.74, 6) is 0.810. The lowest BCUT2D eigenvalue weighted by molar-refractivity contribution is 0.145.